The molecule has 1 N–H and O–H groups in total. The number of halogens is 2. The van der Waals surface area contributed by atoms with E-state index < -0.39 is 29.4 Å². The van der Waals surface area contributed by atoms with Crippen LogP contribution in [0.4, 0.5) is 8.78 Å². The van der Waals surface area contributed by atoms with Crippen molar-refractivity contribution < 1.29 is 23.5 Å². The van der Waals surface area contributed by atoms with Crippen LogP contribution in [0.5, 0.6) is 0 Å². The molecule has 1 saturated heterocycles. The molecule has 0 aromatic heterocycles. The summed E-state index contributed by atoms with van der Waals surface area (Å²) in [5.74, 6) is -2.85. The fourth-order valence-corrected chi connectivity index (χ4v) is 3.42. The van der Waals surface area contributed by atoms with Crippen molar-refractivity contribution in [1.82, 2.24) is 9.80 Å². The van der Waals surface area contributed by atoms with E-state index in [4.69, 9.17) is 0 Å². The second kappa shape index (κ2) is 8.53. The summed E-state index contributed by atoms with van der Waals surface area (Å²) in [6, 6.07) is 9.62. The Morgan fingerprint density at radius 3 is 2.10 bits per heavy atom. The molecule has 2 aromatic carbocycles. The van der Waals surface area contributed by atoms with Crippen molar-refractivity contribution in [1.29, 1.82) is 0 Å². The molecule has 29 heavy (non-hydrogen) atoms. The summed E-state index contributed by atoms with van der Waals surface area (Å²) < 4.78 is 26.7. The van der Waals surface area contributed by atoms with Gasteiger partial charge in [0, 0.05) is 12.1 Å². The van der Waals surface area contributed by atoms with Crippen LogP contribution in [0.2, 0.25) is 0 Å². The zero-order valence-electron chi connectivity index (χ0n) is 16.2. The van der Waals surface area contributed by atoms with Crippen molar-refractivity contribution in [2.24, 2.45) is 0 Å². The quantitative estimate of drug-likeness (QED) is 0.459. The molecule has 1 aliphatic heterocycles. The molecule has 1 aliphatic rings. The van der Waals surface area contributed by atoms with Gasteiger partial charge in [-0.05, 0) is 69.0 Å². The van der Waals surface area contributed by atoms with E-state index in [9.17, 15) is 23.5 Å². The number of likely N-dealkylation sites (tertiary alicyclic amines) is 1. The molecule has 1 atom stereocenters. The molecule has 1 fully saturated rings. The first-order chi connectivity index (χ1) is 13.8. The number of rotatable bonds is 6. The van der Waals surface area contributed by atoms with Crippen molar-refractivity contribution in [2.75, 3.05) is 27.2 Å². The maximum atomic E-state index is 13.4. The van der Waals surface area contributed by atoms with Crippen LogP contribution in [-0.4, -0.2) is 53.8 Å². The molecule has 0 unspecified atom stereocenters. The lowest BCUT2D eigenvalue weighted by molar-refractivity contribution is -0.139. The summed E-state index contributed by atoms with van der Waals surface area (Å²) in [5, 5.41) is 10.8. The molecule has 3 rings (SSSR count). The molecule has 0 spiro atoms. The van der Waals surface area contributed by atoms with Gasteiger partial charge in [-0.1, -0.05) is 12.1 Å². The Morgan fingerprint density at radius 1 is 1.00 bits per heavy atom. The van der Waals surface area contributed by atoms with Crippen LogP contribution in [0, 0.1) is 11.6 Å². The fraction of sp³-hybridized carbons (Fsp3) is 0.273. The first kappa shape index (κ1) is 20.7. The van der Waals surface area contributed by atoms with Gasteiger partial charge in [0.25, 0.3) is 11.7 Å². The maximum Gasteiger partial charge on any atom is 0.295 e. The standard InChI is InChI=1S/C22H22F2N2O3/c1-25(2)12-3-13-26-19(14-4-8-16(23)9-5-14)18(21(28)22(26)29)20(27)15-6-10-17(24)11-7-15/h4-11,19,27H,3,12-13H2,1-2H3/t19-/m1/s1. The van der Waals surface area contributed by atoms with Crippen LogP contribution in [0.25, 0.3) is 5.76 Å². The third-order valence-electron chi connectivity index (χ3n) is 4.85. The predicted molar refractivity (Wildman–Crippen MR) is 105 cm³/mol. The minimum Gasteiger partial charge on any atom is -0.507 e. The van der Waals surface area contributed by atoms with Gasteiger partial charge in [0.15, 0.2) is 0 Å². The van der Waals surface area contributed by atoms with Crippen molar-refractivity contribution in [3.8, 4) is 0 Å². The molecule has 2 aromatic rings. The zero-order valence-corrected chi connectivity index (χ0v) is 16.2. The number of aliphatic hydroxyl groups excluding tert-OH is 1. The van der Waals surface area contributed by atoms with Crippen molar-refractivity contribution >= 4 is 17.4 Å². The lowest BCUT2D eigenvalue weighted by atomic mass is 9.95. The van der Waals surface area contributed by atoms with E-state index in [1.165, 1.54) is 41.3 Å². The molecule has 5 nitrogen and oxygen atoms in total. The highest BCUT2D eigenvalue weighted by Gasteiger charge is 2.45. The molecule has 1 heterocycles. The van der Waals surface area contributed by atoms with Gasteiger partial charge in [-0.15, -0.1) is 0 Å². The van der Waals surface area contributed by atoms with Crippen LogP contribution in [-0.2, 0) is 9.59 Å². The van der Waals surface area contributed by atoms with E-state index >= 15 is 0 Å². The Balaban J connectivity index is 2.07. The average Bonchev–Trinajstić information content (AvgIpc) is 2.93. The molecule has 0 aliphatic carbocycles. The molecular formula is C22H22F2N2O3. The highest BCUT2D eigenvalue weighted by Crippen LogP contribution is 2.39. The number of carbonyl (C=O) groups excluding carboxylic acids is 2. The summed E-state index contributed by atoms with van der Waals surface area (Å²) in [7, 11) is 3.81. The van der Waals surface area contributed by atoms with Crippen LogP contribution in [0.1, 0.15) is 23.6 Å². The van der Waals surface area contributed by atoms with Crippen LogP contribution in [0.15, 0.2) is 54.1 Å². The molecule has 0 radical (unpaired) electrons. The Bertz CT molecular complexity index is 938. The first-order valence-electron chi connectivity index (χ1n) is 9.24. The molecule has 7 heteroatoms. The zero-order chi connectivity index (χ0) is 21.1. The van der Waals surface area contributed by atoms with E-state index in [2.05, 4.69) is 0 Å². The number of hydrogen-bond acceptors (Lipinski definition) is 4. The lowest BCUT2D eigenvalue weighted by Gasteiger charge is -2.26. The van der Waals surface area contributed by atoms with Gasteiger partial charge in [0.05, 0.1) is 11.6 Å². The number of benzene rings is 2. The summed E-state index contributed by atoms with van der Waals surface area (Å²) in [5.41, 5.74) is 0.655. The van der Waals surface area contributed by atoms with Crippen LogP contribution < -0.4 is 0 Å². The Kier molecular flexibility index (Phi) is 6.08. The van der Waals surface area contributed by atoms with Gasteiger partial charge in [-0.25, -0.2) is 8.78 Å². The summed E-state index contributed by atoms with van der Waals surface area (Å²) >= 11 is 0. The smallest absolute Gasteiger partial charge is 0.295 e. The van der Waals surface area contributed by atoms with Crippen LogP contribution in [0.3, 0.4) is 0 Å². The minimum absolute atomic E-state index is 0.0851. The van der Waals surface area contributed by atoms with Crippen molar-refractivity contribution in [2.45, 2.75) is 12.5 Å². The minimum atomic E-state index is -0.845. The topological polar surface area (TPSA) is 60.9 Å². The van der Waals surface area contributed by atoms with Gasteiger partial charge >= 0.3 is 0 Å². The monoisotopic (exact) mass is 400 g/mol. The number of carbonyl (C=O) groups is 2. The predicted octanol–water partition coefficient (Wildman–Crippen LogP) is 3.34. The largest absolute Gasteiger partial charge is 0.507 e. The highest BCUT2D eigenvalue weighted by atomic mass is 19.1. The van der Waals surface area contributed by atoms with E-state index in [1.54, 1.807) is 0 Å². The van der Waals surface area contributed by atoms with Gasteiger partial charge in [-0.3, -0.25) is 9.59 Å². The number of aliphatic hydroxyl groups is 1. The Labute approximate surface area is 167 Å². The Morgan fingerprint density at radius 2 is 1.55 bits per heavy atom. The molecule has 0 saturated carbocycles. The first-order valence-corrected chi connectivity index (χ1v) is 9.24. The number of hydrogen-bond donors (Lipinski definition) is 1. The maximum absolute atomic E-state index is 13.4. The fourth-order valence-electron chi connectivity index (χ4n) is 3.42. The number of ketones is 1. The molecule has 152 valence electrons. The second-order valence-corrected chi connectivity index (χ2v) is 7.21. The lowest BCUT2D eigenvalue weighted by Crippen LogP contribution is -2.32. The van der Waals surface area contributed by atoms with Crippen molar-refractivity contribution in [3.63, 3.8) is 0 Å². The van der Waals surface area contributed by atoms with E-state index in [0.29, 0.717) is 25.1 Å². The highest BCUT2D eigenvalue weighted by molar-refractivity contribution is 6.46. The number of amides is 1. The third-order valence-corrected chi connectivity index (χ3v) is 4.85. The second-order valence-electron chi connectivity index (χ2n) is 7.21. The van der Waals surface area contributed by atoms with Gasteiger partial charge in [-0.2, -0.15) is 0 Å². The number of nitrogens with zero attached hydrogens (tertiary/aromatic N) is 2. The van der Waals surface area contributed by atoms with Crippen molar-refractivity contribution in [3.05, 3.63) is 76.9 Å². The SMILES string of the molecule is CN(C)CCCN1C(=O)C(=O)C(=C(O)c2ccc(F)cc2)[C@H]1c1ccc(F)cc1. The average molecular weight is 400 g/mol. The Hall–Kier alpha value is -3.06. The van der Waals surface area contributed by atoms with Gasteiger partial charge in [0.2, 0.25) is 0 Å². The van der Waals surface area contributed by atoms with E-state index in [1.807, 2.05) is 19.0 Å². The third kappa shape index (κ3) is 4.35. The summed E-state index contributed by atoms with van der Waals surface area (Å²) in [6.07, 6.45) is 0.619. The summed E-state index contributed by atoms with van der Waals surface area (Å²) in [4.78, 5) is 28.9. The molecule has 0 bridgehead atoms. The number of Topliss-reactive ketones (excluding diaryl/α,β-unsaturated/α-hetero) is 1. The summed E-state index contributed by atoms with van der Waals surface area (Å²) in [6.45, 7) is 1.00. The normalized spacial score (nSPS) is 18.7. The van der Waals surface area contributed by atoms with Gasteiger partial charge < -0.3 is 14.9 Å². The van der Waals surface area contributed by atoms with Crippen LogP contribution >= 0.6 is 0 Å². The van der Waals surface area contributed by atoms with E-state index in [0.717, 1.165) is 12.1 Å². The van der Waals surface area contributed by atoms with Gasteiger partial charge in [0.1, 0.15) is 17.4 Å². The molecular weight excluding hydrogens is 378 g/mol. The molecule has 1 amide bonds. The van der Waals surface area contributed by atoms with E-state index in [-0.39, 0.29) is 16.9 Å².